The number of fused-ring (bicyclic) bond motifs is 1. The normalized spacial score (nSPS) is 16.9. The number of carbonyl (C=O) groups is 1. The van der Waals surface area contributed by atoms with Gasteiger partial charge in [-0.3, -0.25) is 4.79 Å². The number of benzene rings is 1. The number of carbonyl (C=O) groups excluding carboxylic acids is 1. The molecule has 1 saturated heterocycles. The zero-order chi connectivity index (χ0) is 21.2. The lowest BCUT2D eigenvalue weighted by atomic mass is 10.1. The summed E-state index contributed by atoms with van der Waals surface area (Å²) in [5, 5.41) is 6.45. The molecule has 8 nitrogen and oxygen atoms in total. The third-order valence-corrected chi connectivity index (χ3v) is 6.00. The molecule has 1 amide bonds. The number of nitrogens with one attached hydrogen (secondary N) is 3. The first-order chi connectivity index (χ1) is 15.2. The van der Waals surface area contributed by atoms with E-state index in [9.17, 15) is 4.79 Å². The van der Waals surface area contributed by atoms with Gasteiger partial charge in [0.1, 0.15) is 29.0 Å². The lowest BCUT2D eigenvalue weighted by molar-refractivity contribution is 0.0931. The van der Waals surface area contributed by atoms with E-state index in [0.29, 0.717) is 34.8 Å². The van der Waals surface area contributed by atoms with Gasteiger partial charge in [-0.05, 0) is 62.9 Å². The standard InChI is InChI=1S/C23H27N5O3/c1-30-16-4-5-19(31-12-14-2-3-14)17(10-16)20-22-21(27-13-26-20)18(11-25-22)23(29)28-15-6-8-24-9-7-15/h4-5,10-11,13-15,24-25H,2-3,6-9,12H2,1H3,(H,28,29). The molecule has 8 heteroatoms. The molecule has 2 aliphatic rings. The Balaban J connectivity index is 1.48. The predicted molar refractivity (Wildman–Crippen MR) is 117 cm³/mol. The quantitative estimate of drug-likeness (QED) is 0.542. The molecule has 3 aromatic rings. The first-order valence-corrected chi connectivity index (χ1v) is 10.9. The third kappa shape index (κ3) is 4.20. The number of methoxy groups -OCH3 is 1. The summed E-state index contributed by atoms with van der Waals surface area (Å²) in [7, 11) is 1.64. The van der Waals surface area contributed by atoms with Crippen molar-refractivity contribution >= 4 is 16.9 Å². The smallest absolute Gasteiger partial charge is 0.255 e. The van der Waals surface area contributed by atoms with Crippen LogP contribution in [0.3, 0.4) is 0 Å². The van der Waals surface area contributed by atoms with Crippen LogP contribution in [0, 0.1) is 5.92 Å². The monoisotopic (exact) mass is 421 g/mol. The van der Waals surface area contributed by atoms with E-state index in [-0.39, 0.29) is 11.9 Å². The predicted octanol–water partition coefficient (Wildman–Crippen LogP) is 2.90. The molecule has 2 fully saturated rings. The number of hydrogen-bond donors (Lipinski definition) is 3. The molecule has 2 aromatic heterocycles. The highest BCUT2D eigenvalue weighted by Gasteiger charge is 2.24. The van der Waals surface area contributed by atoms with Gasteiger partial charge >= 0.3 is 0 Å². The number of H-pyrrole nitrogens is 1. The molecule has 162 valence electrons. The third-order valence-electron chi connectivity index (χ3n) is 6.00. The van der Waals surface area contributed by atoms with Crippen molar-refractivity contribution in [3.63, 3.8) is 0 Å². The zero-order valence-electron chi connectivity index (χ0n) is 17.6. The molecule has 0 unspecified atom stereocenters. The van der Waals surface area contributed by atoms with E-state index >= 15 is 0 Å². The van der Waals surface area contributed by atoms with Crippen molar-refractivity contribution < 1.29 is 14.3 Å². The summed E-state index contributed by atoms with van der Waals surface area (Å²) in [4.78, 5) is 25.1. The lowest BCUT2D eigenvalue weighted by Crippen LogP contribution is -2.42. The van der Waals surface area contributed by atoms with E-state index < -0.39 is 0 Å². The van der Waals surface area contributed by atoms with Crippen molar-refractivity contribution in [1.29, 1.82) is 0 Å². The van der Waals surface area contributed by atoms with Crippen molar-refractivity contribution in [2.24, 2.45) is 5.92 Å². The lowest BCUT2D eigenvalue weighted by Gasteiger charge is -2.23. The van der Waals surface area contributed by atoms with Crippen LogP contribution in [-0.4, -0.2) is 53.7 Å². The van der Waals surface area contributed by atoms with Crippen molar-refractivity contribution in [3.8, 4) is 22.8 Å². The van der Waals surface area contributed by atoms with Gasteiger partial charge in [0, 0.05) is 17.8 Å². The van der Waals surface area contributed by atoms with Gasteiger partial charge < -0.3 is 25.1 Å². The Bertz CT molecular complexity index is 1090. The van der Waals surface area contributed by atoms with Gasteiger partial charge in [-0.15, -0.1) is 0 Å². The molecule has 1 aliphatic carbocycles. The summed E-state index contributed by atoms with van der Waals surface area (Å²) in [6, 6.07) is 5.90. The number of aromatic nitrogens is 3. The summed E-state index contributed by atoms with van der Waals surface area (Å²) in [5.74, 6) is 1.99. The van der Waals surface area contributed by atoms with Crippen molar-refractivity contribution in [2.45, 2.75) is 31.7 Å². The molecule has 1 aliphatic heterocycles. The van der Waals surface area contributed by atoms with Gasteiger partial charge in [-0.1, -0.05) is 0 Å². The first kappa shape index (κ1) is 19.8. The van der Waals surface area contributed by atoms with E-state index in [4.69, 9.17) is 9.47 Å². The second-order valence-electron chi connectivity index (χ2n) is 8.26. The molecular formula is C23H27N5O3. The van der Waals surface area contributed by atoms with Crippen molar-refractivity contribution in [1.82, 2.24) is 25.6 Å². The molecule has 3 N–H and O–H groups in total. The van der Waals surface area contributed by atoms with E-state index in [1.807, 2.05) is 18.2 Å². The number of aromatic amines is 1. The highest BCUT2D eigenvalue weighted by Crippen LogP contribution is 2.37. The minimum Gasteiger partial charge on any atom is -0.497 e. The van der Waals surface area contributed by atoms with Gasteiger partial charge in [-0.25, -0.2) is 9.97 Å². The number of ether oxygens (including phenoxy) is 2. The topological polar surface area (TPSA) is 101 Å². The second kappa shape index (κ2) is 8.55. The molecule has 31 heavy (non-hydrogen) atoms. The number of hydrogen-bond acceptors (Lipinski definition) is 6. The van der Waals surface area contributed by atoms with Gasteiger partial charge in [-0.2, -0.15) is 0 Å². The number of amides is 1. The Morgan fingerprint density at radius 3 is 2.81 bits per heavy atom. The molecule has 1 saturated carbocycles. The van der Waals surface area contributed by atoms with Crippen LogP contribution in [0.25, 0.3) is 22.3 Å². The highest BCUT2D eigenvalue weighted by atomic mass is 16.5. The second-order valence-corrected chi connectivity index (χ2v) is 8.26. The molecular weight excluding hydrogens is 394 g/mol. The van der Waals surface area contributed by atoms with Crippen LogP contribution in [0.5, 0.6) is 11.5 Å². The fraction of sp³-hybridized carbons (Fsp3) is 0.435. The summed E-state index contributed by atoms with van der Waals surface area (Å²) < 4.78 is 11.5. The van der Waals surface area contributed by atoms with Crippen LogP contribution in [0.15, 0.2) is 30.7 Å². The molecule has 5 rings (SSSR count). The van der Waals surface area contributed by atoms with E-state index in [1.165, 1.54) is 19.2 Å². The molecule has 0 atom stereocenters. The van der Waals surface area contributed by atoms with Crippen LogP contribution in [0.4, 0.5) is 0 Å². The van der Waals surface area contributed by atoms with Crippen LogP contribution in [0.1, 0.15) is 36.0 Å². The average molecular weight is 422 g/mol. The van der Waals surface area contributed by atoms with Gasteiger partial charge in [0.2, 0.25) is 0 Å². The van der Waals surface area contributed by atoms with Gasteiger partial charge in [0.25, 0.3) is 5.91 Å². The number of piperidine rings is 1. The van der Waals surface area contributed by atoms with Crippen molar-refractivity contribution in [3.05, 3.63) is 36.3 Å². The average Bonchev–Trinajstić information content (AvgIpc) is 3.54. The number of rotatable bonds is 7. The zero-order valence-corrected chi connectivity index (χ0v) is 17.6. The van der Waals surface area contributed by atoms with E-state index in [2.05, 4.69) is 25.6 Å². The van der Waals surface area contributed by atoms with Crippen LogP contribution >= 0.6 is 0 Å². The fourth-order valence-corrected chi connectivity index (χ4v) is 3.99. The Labute approximate surface area is 180 Å². The Hall–Kier alpha value is -3.13. The minimum absolute atomic E-state index is 0.112. The van der Waals surface area contributed by atoms with Gasteiger partial charge in [0.15, 0.2) is 0 Å². The number of nitrogens with zero attached hydrogens (tertiary/aromatic N) is 2. The molecule has 0 bridgehead atoms. The minimum atomic E-state index is -0.112. The maximum atomic E-state index is 12.9. The highest BCUT2D eigenvalue weighted by molar-refractivity contribution is 6.08. The maximum absolute atomic E-state index is 12.9. The first-order valence-electron chi connectivity index (χ1n) is 10.9. The Morgan fingerprint density at radius 2 is 2.03 bits per heavy atom. The van der Waals surface area contributed by atoms with Gasteiger partial charge in [0.05, 0.1) is 24.8 Å². The Morgan fingerprint density at radius 1 is 1.19 bits per heavy atom. The molecule has 0 radical (unpaired) electrons. The summed E-state index contributed by atoms with van der Waals surface area (Å²) in [5.41, 5.74) is 3.35. The largest absolute Gasteiger partial charge is 0.497 e. The summed E-state index contributed by atoms with van der Waals surface area (Å²) in [6.45, 7) is 2.54. The molecule has 0 spiro atoms. The fourth-order valence-electron chi connectivity index (χ4n) is 3.99. The molecule has 1 aromatic carbocycles. The molecule has 3 heterocycles. The summed E-state index contributed by atoms with van der Waals surface area (Å²) in [6.07, 6.45) is 7.51. The van der Waals surface area contributed by atoms with Crippen LogP contribution in [-0.2, 0) is 0 Å². The van der Waals surface area contributed by atoms with E-state index in [0.717, 1.165) is 43.0 Å². The van der Waals surface area contributed by atoms with Crippen molar-refractivity contribution in [2.75, 3.05) is 26.8 Å². The van der Waals surface area contributed by atoms with Crippen LogP contribution in [0.2, 0.25) is 0 Å². The Kier molecular flexibility index (Phi) is 5.46. The SMILES string of the molecule is COc1ccc(OCC2CC2)c(-c2ncnc3c(C(=O)NC4CCNCC4)c[nH]c23)c1. The maximum Gasteiger partial charge on any atom is 0.255 e. The van der Waals surface area contributed by atoms with E-state index in [1.54, 1.807) is 13.3 Å². The van der Waals surface area contributed by atoms with Crippen LogP contribution < -0.4 is 20.1 Å². The summed E-state index contributed by atoms with van der Waals surface area (Å²) >= 11 is 0.